The SMILES string of the molecule is CCOC(Cc1ccc(OCCN(CCCSCc2ccccc2)C(=O)Oc2cccc(F)c2)cc1)C(=O)O. The van der Waals surface area contributed by atoms with Gasteiger partial charge in [0.25, 0.3) is 0 Å². The molecule has 208 valence electrons. The topological polar surface area (TPSA) is 85.3 Å². The van der Waals surface area contributed by atoms with Gasteiger partial charge in [0.15, 0.2) is 6.10 Å². The van der Waals surface area contributed by atoms with Crippen LogP contribution >= 0.6 is 11.8 Å². The second-order valence-electron chi connectivity index (χ2n) is 8.68. The van der Waals surface area contributed by atoms with Crippen molar-refractivity contribution in [2.24, 2.45) is 0 Å². The van der Waals surface area contributed by atoms with Crippen molar-refractivity contribution in [3.63, 3.8) is 0 Å². The monoisotopic (exact) mass is 555 g/mol. The van der Waals surface area contributed by atoms with Crippen LogP contribution in [-0.2, 0) is 21.7 Å². The largest absolute Gasteiger partial charge is 0.492 e. The Morgan fingerprint density at radius 2 is 1.72 bits per heavy atom. The second-order valence-corrected chi connectivity index (χ2v) is 9.79. The van der Waals surface area contributed by atoms with Gasteiger partial charge in [-0.15, -0.1) is 0 Å². The van der Waals surface area contributed by atoms with E-state index >= 15 is 0 Å². The van der Waals surface area contributed by atoms with Crippen LogP contribution in [-0.4, -0.2) is 60.2 Å². The summed E-state index contributed by atoms with van der Waals surface area (Å²) in [5.74, 6) is 1.02. The van der Waals surface area contributed by atoms with Gasteiger partial charge in [0.2, 0.25) is 0 Å². The fourth-order valence-electron chi connectivity index (χ4n) is 3.74. The van der Waals surface area contributed by atoms with E-state index in [0.717, 1.165) is 23.5 Å². The van der Waals surface area contributed by atoms with Gasteiger partial charge in [0, 0.05) is 31.4 Å². The first-order chi connectivity index (χ1) is 18.9. The van der Waals surface area contributed by atoms with Crippen molar-refractivity contribution in [1.29, 1.82) is 0 Å². The summed E-state index contributed by atoms with van der Waals surface area (Å²) in [7, 11) is 0. The predicted molar refractivity (Wildman–Crippen MR) is 150 cm³/mol. The van der Waals surface area contributed by atoms with E-state index in [9.17, 15) is 19.1 Å². The Balaban J connectivity index is 1.51. The summed E-state index contributed by atoms with van der Waals surface area (Å²) in [6, 6.07) is 22.8. The maximum Gasteiger partial charge on any atom is 0.415 e. The summed E-state index contributed by atoms with van der Waals surface area (Å²) >= 11 is 1.79. The maximum absolute atomic E-state index is 13.5. The number of nitrogens with zero attached hydrogens (tertiary/aromatic N) is 1. The van der Waals surface area contributed by atoms with Crippen LogP contribution in [0, 0.1) is 5.82 Å². The van der Waals surface area contributed by atoms with E-state index in [-0.39, 0.29) is 25.3 Å². The first kappa shape index (κ1) is 30.0. The second kappa shape index (κ2) is 16.4. The van der Waals surface area contributed by atoms with E-state index in [2.05, 4.69) is 12.1 Å². The first-order valence-corrected chi connectivity index (χ1v) is 14.0. The number of aliphatic carboxylic acids is 1. The van der Waals surface area contributed by atoms with Gasteiger partial charge in [0.05, 0.1) is 6.54 Å². The van der Waals surface area contributed by atoms with Gasteiger partial charge in [-0.25, -0.2) is 14.0 Å². The molecule has 3 aromatic rings. The normalized spacial score (nSPS) is 11.5. The summed E-state index contributed by atoms with van der Waals surface area (Å²) in [5.41, 5.74) is 2.07. The lowest BCUT2D eigenvalue weighted by Crippen LogP contribution is -2.37. The van der Waals surface area contributed by atoms with E-state index in [4.69, 9.17) is 14.2 Å². The molecule has 9 heteroatoms. The molecular formula is C30H34FNO6S. The van der Waals surface area contributed by atoms with E-state index in [0.29, 0.717) is 18.9 Å². The highest BCUT2D eigenvalue weighted by atomic mass is 32.2. The van der Waals surface area contributed by atoms with Crippen molar-refractivity contribution in [3.05, 3.63) is 95.8 Å². The highest BCUT2D eigenvalue weighted by Crippen LogP contribution is 2.17. The van der Waals surface area contributed by atoms with Gasteiger partial charge in [-0.1, -0.05) is 48.5 Å². The molecule has 0 fully saturated rings. The van der Waals surface area contributed by atoms with E-state index in [1.807, 2.05) is 18.2 Å². The Morgan fingerprint density at radius 3 is 2.41 bits per heavy atom. The number of carbonyl (C=O) groups is 2. The number of rotatable bonds is 16. The Labute approximate surface area is 232 Å². The Hall–Kier alpha value is -3.56. The van der Waals surface area contributed by atoms with Crippen LogP contribution in [0.15, 0.2) is 78.9 Å². The third-order valence-electron chi connectivity index (χ3n) is 5.71. The molecule has 1 N–H and O–H groups in total. The molecule has 0 bridgehead atoms. The van der Waals surface area contributed by atoms with Crippen molar-refractivity contribution >= 4 is 23.8 Å². The van der Waals surface area contributed by atoms with Gasteiger partial charge in [0.1, 0.15) is 23.9 Å². The summed E-state index contributed by atoms with van der Waals surface area (Å²) in [4.78, 5) is 25.7. The molecule has 1 unspecified atom stereocenters. The molecule has 7 nitrogen and oxygen atoms in total. The summed E-state index contributed by atoms with van der Waals surface area (Å²) in [5, 5.41) is 9.27. The summed E-state index contributed by atoms with van der Waals surface area (Å²) in [6.45, 7) is 3.05. The zero-order chi connectivity index (χ0) is 27.9. The van der Waals surface area contributed by atoms with Crippen molar-refractivity contribution < 1.29 is 33.3 Å². The zero-order valence-electron chi connectivity index (χ0n) is 22.0. The summed E-state index contributed by atoms with van der Waals surface area (Å²) in [6.07, 6.45) is -0.450. The third kappa shape index (κ3) is 11.0. The minimum Gasteiger partial charge on any atom is -0.492 e. The average molecular weight is 556 g/mol. The number of carboxylic acids is 1. The number of thioether (sulfide) groups is 1. The molecule has 0 saturated heterocycles. The first-order valence-electron chi connectivity index (χ1n) is 12.8. The molecule has 0 heterocycles. The predicted octanol–water partition coefficient (Wildman–Crippen LogP) is 6.06. The van der Waals surface area contributed by atoms with Gasteiger partial charge < -0.3 is 24.2 Å². The van der Waals surface area contributed by atoms with Crippen LogP contribution in [0.3, 0.4) is 0 Å². The highest BCUT2D eigenvalue weighted by Gasteiger charge is 2.18. The Bertz CT molecular complexity index is 1160. The van der Waals surface area contributed by atoms with Crippen LogP contribution in [0.25, 0.3) is 0 Å². The number of benzene rings is 3. The van der Waals surface area contributed by atoms with E-state index in [1.54, 1.807) is 47.9 Å². The number of halogens is 1. The Kier molecular flexibility index (Phi) is 12.6. The molecule has 0 radical (unpaired) electrons. The molecule has 0 spiro atoms. The van der Waals surface area contributed by atoms with Crippen LogP contribution in [0.2, 0.25) is 0 Å². The van der Waals surface area contributed by atoms with Crippen molar-refractivity contribution in [2.45, 2.75) is 31.6 Å². The summed E-state index contributed by atoms with van der Waals surface area (Å²) < 4.78 is 30.1. The van der Waals surface area contributed by atoms with Crippen LogP contribution < -0.4 is 9.47 Å². The number of hydrogen-bond donors (Lipinski definition) is 1. The lowest BCUT2D eigenvalue weighted by Gasteiger charge is -2.22. The number of carbonyl (C=O) groups excluding carboxylic acids is 1. The molecule has 1 atom stereocenters. The van der Waals surface area contributed by atoms with E-state index < -0.39 is 24.0 Å². The van der Waals surface area contributed by atoms with Crippen molar-refractivity contribution in [3.8, 4) is 11.5 Å². The maximum atomic E-state index is 13.5. The number of amides is 1. The molecule has 0 aliphatic heterocycles. The number of hydrogen-bond acceptors (Lipinski definition) is 6. The lowest BCUT2D eigenvalue weighted by molar-refractivity contribution is -0.149. The minimum atomic E-state index is -0.999. The standard InChI is InChI=1S/C30H34FNO6S/c1-2-36-28(29(33)34)20-23-12-14-26(15-13-23)37-18-17-32(30(35)38-27-11-6-10-25(31)21-27)16-7-19-39-22-24-8-4-3-5-9-24/h3-6,8-15,21,28H,2,7,16-20,22H2,1H3,(H,33,34). The molecule has 0 saturated carbocycles. The third-order valence-corrected chi connectivity index (χ3v) is 6.82. The molecule has 3 aromatic carbocycles. The smallest absolute Gasteiger partial charge is 0.415 e. The zero-order valence-corrected chi connectivity index (χ0v) is 22.8. The van der Waals surface area contributed by atoms with Crippen LogP contribution in [0.1, 0.15) is 24.5 Å². The van der Waals surface area contributed by atoms with Crippen LogP contribution in [0.5, 0.6) is 11.5 Å². The highest BCUT2D eigenvalue weighted by molar-refractivity contribution is 7.98. The minimum absolute atomic E-state index is 0.145. The van der Waals surface area contributed by atoms with Crippen LogP contribution in [0.4, 0.5) is 9.18 Å². The number of ether oxygens (including phenoxy) is 3. The molecule has 3 rings (SSSR count). The molecule has 0 aliphatic carbocycles. The molecule has 1 amide bonds. The van der Waals surface area contributed by atoms with Gasteiger partial charge >= 0.3 is 12.1 Å². The number of carboxylic acid groups (broad SMARTS) is 1. The van der Waals surface area contributed by atoms with E-state index in [1.165, 1.54) is 29.8 Å². The molecular weight excluding hydrogens is 521 g/mol. The quantitative estimate of drug-likeness (QED) is 0.215. The Morgan fingerprint density at radius 1 is 0.949 bits per heavy atom. The van der Waals surface area contributed by atoms with Gasteiger partial charge in [-0.05, 0) is 54.5 Å². The molecule has 39 heavy (non-hydrogen) atoms. The lowest BCUT2D eigenvalue weighted by atomic mass is 10.1. The van der Waals surface area contributed by atoms with Crippen molar-refractivity contribution in [1.82, 2.24) is 4.90 Å². The van der Waals surface area contributed by atoms with Crippen molar-refractivity contribution in [2.75, 3.05) is 32.1 Å². The van der Waals surface area contributed by atoms with Gasteiger partial charge in [-0.2, -0.15) is 11.8 Å². The van der Waals surface area contributed by atoms with Gasteiger partial charge in [-0.3, -0.25) is 0 Å². The fourth-order valence-corrected chi connectivity index (χ4v) is 4.65. The molecule has 0 aromatic heterocycles. The average Bonchev–Trinajstić information content (AvgIpc) is 2.93. The fraction of sp³-hybridized carbons (Fsp3) is 0.333. The molecule has 0 aliphatic rings.